The van der Waals surface area contributed by atoms with Crippen molar-refractivity contribution in [1.82, 2.24) is 4.98 Å². The summed E-state index contributed by atoms with van der Waals surface area (Å²) in [7, 11) is 0. The number of nitrogens with two attached hydrogens (primary N) is 1. The van der Waals surface area contributed by atoms with E-state index < -0.39 is 0 Å². The normalized spacial score (nSPS) is 10.3. The summed E-state index contributed by atoms with van der Waals surface area (Å²) in [6.07, 6.45) is 2.25. The fraction of sp³-hybridized carbons (Fsp3) is 0.600. The Morgan fingerprint density at radius 2 is 2.20 bits per heavy atom. The third-order valence-corrected chi connectivity index (χ3v) is 3.12. The number of nitrogens with zero attached hydrogens (tertiary/aromatic N) is 1. The number of carbonyl (C=O) groups is 1. The topological polar surface area (TPSA) is 68.0 Å². The number of anilines is 1. The van der Waals surface area contributed by atoms with Crippen molar-refractivity contribution in [3.63, 3.8) is 0 Å². The third-order valence-electron chi connectivity index (χ3n) is 2.13. The van der Waals surface area contributed by atoms with E-state index in [1.165, 1.54) is 11.3 Å². The van der Waals surface area contributed by atoms with Gasteiger partial charge in [-0.3, -0.25) is 4.79 Å². The van der Waals surface area contributed by atoms with Crippen LogP contribution < -0.4 is 11.1 Å². The summed E-state index contributed by atoms with van der Waals surface area (Å²) in [5.74, 6) is 0.0252. The van der Waals surface area contributed by atoms with E-state index in [1.54, 1.807) is 0 Å². The predicted molar refractivity (Wildman–Crippen MR) is 63.1 cm³/mol. The molecule has 0 bridgehead atoms. The fourth-order valence-corrected chi connectivity index (χ4v) is 1.97. The van der Waals surface area contributed by atoms with Gasteiger partial charge < -0.3 is 11.1 Å². The molecule has 0 fully saturated rings. The van der Waals surface area contributed by atoms with E-state index in [0.29, 0.717) is 18.1 Å². The third kappa shape index (κ3) is 3.97. The van der Waals surface area contributed by atoms with Crippen LogP contribution in [0, 0.1) is 13.8 Å². The van der Waals surface area contributed by atoms with Crippen molar-refractivity contribution >= 4 is 22.4 Å². The van der Waals surface area contributed by atoms with Crippen LogP contribution in [-0.4, -0.2) is 17.4 Å². The summed E-state index contributed by atoms with van der Waals surface area (Å²) < 4.78 is 0. The highest BCUT2D eigenvalue weighted by Gasteiger charge is 2.07. The molecule has 0 unspecified atom stereocenters. The average Bonchev–Trinajstić information content (AvgIpc) is 2.46. The molecule has 0 atom stereocenters. The average molecular weight is 227 g/mol. The maximum Gasteiger partial charge on any atom is 0.226 e. The van der Waals surface area contributed by atoms with Crippen molar-refractivity contribution in [1.29, 1.82) is 0 Å². The SMILES string of the molecule is Cc1nc(NC(=O)CCCCN)sc1C. The maximum atomic E-state index is 11.4. The van der Waals surface area contributed by atoms with Crippen LogP contribution in [0.4, 0.5) is 5.13 Å². The van der Waals surface area contributed by atoms with E-state index in [9.17, 15) is 4.79 Å². The van der Waals surface area contributed by atoms with Crippen molar-refractivity contribution < 1.29 is 4.79 Å². The van der Waals surface area contributed by atoms with Gasteiger partial charge in [0.1, 0.15) is 0 Å². The summed E-state index contributed by atoms with van der Waals surface area (Å²) in [6, 6.07) is 0. The Bertz CT molecular complexity index is 316. The van der Waals surface area contributed by atoms with Gasteiger partial charge in [0.2, 0.25) is 5.91 Å². The van der Waals surface area contributed by atoms with Crippen LogP contribution in [-0.2, 0) is 4.79 Å². The molecule has 1 heterocycles. The summed E-state index contributed by atoms with van der Waals surface area (Å²) >= 11 is 1.51. The lowest BCUT2D eigenvalue weighted by atomic mass is 10.2. The van der Waals surface area contributed by atoms with Crippen molar-refractivity contribution in [2.45, 2.75) is 33.1 Å². The number of hydrogen-bond donors (Lipinski definition) is 2. The molecule has 0 radical (unpaired) electrons. The van der Waals surface area contributed by atoms with E-state index in [1.807, 2.05) is 13.8 Å². The van der Waals surface area contributed by atoms with Crippen LogP contribution in [0.1, 0.15) is 29.8 Å². The molecule has 84 valence electrons. The van der Waals surface area contributed by atoms with Gasteiger partial charge in [0.25, 0.3) is 0 Å². The molecule has 0 saturated heterocycles. The molecule has 0 aromatic carbocycles. The molecule has 5 heteroatoms. The molecule has 0 aliphatic carbocycles. The van der Waals surface area contributed by atoms with Gasteiger partial charge in [-0.1, -0.05) is 0 Å². The quantitative estimate of drug-likeness (QED) is 0.754. The highest BCUT2D eigenvalue weighted by atomic mass is 32.1. The Morgan fingerprint density at radius 1 is 1.47 bits per heavy atom. The number of hydrogen-bond acceptors (Lipinski definition) is 4. The zero-order chi connectivity index (χ0) is 11.3. The minimum atomic E-state index is 0.0252. The predicted octanol–water partition coefficient (Wildman–Crippen LogP) is 1.83. The van der Waals surface area contributed by atoms with Gasteiger partial charge in [-0.05, 0) is 33.2 Å². The first kappa shape index (κ1) is 12.1. The molecular formula is C10H17N3OS. The number of carbonyl (C=O) groups excluding carboxylic acids is 1. The van der Waals surface area contributed by atoms with Crippen LogP contribution in [0.15, 0.2) is 0 Å². The smallest absolute Gasteiger partial charge is 0.226 e. The molecule has 0 aliphatic rings. The van der Waals surface area contributed by atoms with Crippen LogP contribution in [0.5, 0.6) is 0 Å². The monoisotopic (exact) mass is 227 g/mol. The van der Waals surface area contributed by atoms with Crippen molar-refractivity contribution in [2.75, 3.05) is 11.9 Å². The number of amides is 1. The van der Waals surface area contributed by atoms with Gasteiger partial charge >= 0.3 is 0 Å². The highest BCUT2D eigenvalue weighted by molar-refractivity contribution is 7.15. The number of aromatic nitrogens is 1. The zero-order valence-corrected chi connectivity index (χ0v) is 9.99. The Hall–Kier alpha value is -0.940. The van der Waals surface area contributed by atoms with Crippen LogP contribution in [0.2, 0.25) is 0 Å². The largest absolute Gasteiger partial charge is 0.330 e. The van der Waals surface area contributed by atoms with Crippen LogP contribution in [0.25, 0.3) is 0 Å². The van der Waals surface area contributed by atoms with Crippen molar-refractivity contribution in [3.8, 4) is 0 Å². The van der Waals surface area contributed by atoms with Crippen molar-refractivity contribution in [2.24, 2.45) is 5.73 Å². The van der Waals surface area contributed by atoms with E-state index in [-0.39, 0.29) is 5.91 Å². The first-order valence-electron chi connectivity index (χ1n) is 5.07. The lowest BCUT2D eigenvalue weighted by molar-refractivity contribution is -0.116. The molecular weight excluding hydrogens is 210 g/mol. The molecule has 0 aliphatic heterocycles. The zero-order valence-electron chi connectivity index (χ0n) is 9.17. The number of thiazole rings is 1. The van der Waals surface area contributed by atoms with Gasteiger partial charge in [-0.2, -0.15) is 0 Å². The van der Waals surface area contributed by atoms with E-state index in [4.69, 9.17) is 5.73 Å². The second-order valence-electron chi connectivity index (χ2n) is 3.45. The molecule has 3 N–H and O–H groups in total. The number of aryl methyl sites for hydroxylation is 2. The Morgan fingerprint density at radius 3 is 2.73 bits per heavy atom. The van der Waals surface area contributed by atoms with E-state index in [2.05, 4.69) is 10.3 Å². The van der Waals surface area contributed by atoms with Gasteiger partial charge in [0, 0.05) is 11.3 Å². The molecule has 1 aromatic heterocycles. The second-order valence-corrected chi connectivity index (χ2v) is 4.66. The number of rotatable bonds is 5. The van der Waals surface area contributed by atoms with Gasteiger partial charge in [0.05, 0.1) is 5.69 Å². The van der Waals surface area contributed by atoms with Crippen LogP contribution in [0.3, 0.4) is 0 Å². The molecule has 1 aromatic rings. The van der Waals surface area contributed by atoms with Crippen molar-refractivity contribution in [3.05, 3.63) is 10.6 Å². The van der Waals surface area contributed by atoms with Crippen LogP contribution >= 0.6 is 11.3 Å². The number of unbranched alkanes of at least 4 members (excludes halogenated alkanes) is 1. The highest BCUT2D eigenvalue weighted by Crippen LogP contribution is 2.21. The Balaban J connectivity index is 2.37. The molecule has 0 saturated carbocycles. The Kier molecular flexibility index (Phi) is 4.71. The summed E-state index contributed by atoms with van der Waals surface area (Å²) in [4.78, 5) is 16.8. The molecule has 1 amide bonds. The van der Waals surface area contributed by atoms with Gasteiger partial charge in [-0.15, -0.1) is 11.3 Å². The molecule has 0 spiro atoms. The molecule has 1 rings (SSSR count). The summed E-state index contributed by atoms with van der Waals surface area (Å²) in [5.41, 5.74) is 6.33. The lowest BCUT2D eigenvalue weighted by Gasteiger charge is -2.00. The van der Waals surface area contributed by atoms with E-state index >= 15 is 0 Å². The first-order valence-corrected chi connectivity index (χ1v) is 5.89. The first-order chi connectivity index (χ1) is 7.13. The summed E-state index contributed by atoms with van der Waals surface area (Å²) in [6.45, 7) is 4.58. The Labute approximate surface area is 93.9 Å². The standard InChI is InChI=1S/C10H17N3OS/c1-7-8(2)15-10(12-7)13-9(14)5-3-4-6-11/h3-6,11H2,1-2H3,(H,12,13,14). The number of nitrogens with one attached hydrogen (secondary N) is 1. The second kappa shape index (κ2) is 5.82. The minimum absolute atomic E-state index is 0.0252. The minimum Gasteiger partial charge on any atom is -0.330 e. The summed E-state index contributed by atoms with van der Waals surface area (Å²) in [5, 5.41) is 3.49. The van der Waals surface area contributed by atoms with Gasteiger partial charge in [-0.25, -0.2) is 4.98 Å². The van der Waals surface area contributed by atoms with Gasteiger partial charge in [0.15, 0.2) is 5.13 Å². The maximum absolute atomic E-state index is 11.4. The van der Waals surface area contributed by atoms with E-state index in [0.717, 1.165) is 23.4 Å². The molecule has 15 heavy (non-hydrogen) atoms. The fourth-order valence-electron chi connectivity index (χ4n) is 1.14. The lowest BCUT2D eigenvalue weighted by Crippen LogP contribution is -2.11. The molecule has 4 nitrogen and oxygen atoms in total.